The molecule has 0 bridgehead atoms. The van der Waals surface area contributed by atoms with Crippen LogP contribution in [0.25, 0.3) is 22.3 Å². The molecule has 0 aromatic heterocycles. The number of rotatable bonds is 7. The first-order valence-electron chi connectivity index (χ1n) is 25.0. The maximum atomic E-state index is 5.23. The maximum absolute atomic E-state index is 5.23. The Morgan fingerprint density at radius 1 is 0.443 bits per heavy atom. The summed E-state index contributed by atoms with van der Waals surface area (Å²) >= 11 is 0. The highest BCUT2D eigenvalue weighted by molar-refractivity contribution is 6.16. The lowest BCUT2D eigenvalue weighted by Crippen LogP contribution is -2.36. The molecular formula is C66H72N4. The molecule has 8 aromatic rings. The van der Waals surface area contributed by atoms with Gasteiger partial charge in [-0.15, -0.1) is 0 Å². The summed E-state index contributed by atoms with van der Waals surface area (Å²) in [6, 6.07) is 72.1. The van der Waals surface area contributed by atoms with Gasteiger partial charge in [-0.3, -0.25) is 4.99 Å². The molecular weight excluding hydrogens is 849 g/mol. The smallest absolute Gasteiger partial charge is 0.169 e. The lowest BCUT2D eigenvalue weighted by molar-refractivity contribution is 0.469. The first-order valence-corrected chi connectivity index (χ1v) is 25.0. The minimum atomic E-state index is -0.285. The molecule has 2 heterocycles. The Morgan fingerprint density at radius 2 is 0.871 bits per heavy atom. The second-order valence-corrected chi connectivity index (χ2v) is 19.0. The van der Waals surface area contributed by atoms with Crippen molar-refractivity contribution in [3.63, 3.8) is 0 Å². The Balaban J connectivity index is 0.000000197. The van der Waals surface area contributed by atoms with Gasteiger partial charge in [-0.05, 0) is 94.8 Å². The topological polar surface area (TPSA) is 49.1 Å². The van der Waals surface area contributed by atoms with E-state index in [1.54, 1.807) is 0 Å². The van der Waals surface area contributed by atoms with E-state index in [4.69, 9.17) is 15.0 Å². The quantitative estimate of drug-likeness (QED) is 0.170. The number of nitrogens with one attached hydrogen (secondary N) is 1. The highest BCUT2D eigenvalue weighted by Gasteiger charge is 2.42. The molecule has 2 atom stereocenters. The fourth-order valence-electron chi connectivity index (χ4n) is 8.41. The van der Waals surface area contributed by atoms with Gasteiger partial charge in [-0.2, -0.15) is 0 Å². The van der Waals surface area contributed by atoms with E-state index in [2.05, 4.69) is 231 Å². The summed E-state index contributed by atoms with van der Waals surface area (Å²) in [5.41, 5.74) is 18.1. The molecule has 4 heteroatoms. The molecule has 0 fully saturated rings. The summed E-state index contributed by atoms with van der Waals surface area (Å²) in [6.45, 7) is 25.6. The Morgan fingerprint density at radius 3 is 1.40 bits per heavy atom. The second-order valence-electron chi connectivity index (χ2n) is 19.0. The van der Waals surface area contributed by atoms with Crippen molar-refractivity contribution < 1.29 is 0 Å². The lowest BCUT2D eigenvalue weighted by atomic mass is 9.71. The Bertz CT molecular complexity index is 2980. The Hall–Kier alpha value is -7.43. The molecule has 4 nitrogen and oxygen atoms in total. The standard InChI is InChI=1S/C29H25N.C28H23N3.C5H12.2C2H6/c1-20-12-10-11-17-24(20)25-19-27-26(18-21(25)2)29(3,23-15-8-5-9-16-23)28(30-27)22-13-6-4-7-14-22;1-20-12-14-21(15-13-20)22-16-18-25(19-17-22)28-30-26(23-8-4-2-5-9-23)29-27(31-28)24-10-6-3-7-11-24;1-5(2,3)4;2*1-2/h4-19H,1-3H3;2-19,26H,1H3,(H,29,30,31);1-4H3;2*1-2H3. The van der Waals surface area contributed by atoms with E-state index in [-0.39, 0.29) is 11.6 Å². The summed E-state index contributed by atoms with van der Waals surface area (Å²) in [5, 5.41) is 3.45. The van der Waals surface area contributed by atoms with Crippen molar-refractivity contribution in [3.05, 3.63) is 256 Å². The number of benzene rings is 8. The summed E-state index contributed by atoms with van der Waals surface area (Å²) in [6.07, 6.45) is -0.274. The van der Waals surface area contributed by atoms with Gasteiger partial charge in [0.15, 0.2) is 6.17 Å². The van der Waals surface area contributed by atoms with Crippen LogP contribution in [0.3, 0.4) is 0 Å². The third-order valence-electron chi connectivity index (χ3n) is 11.8. The fourth-order valence-corrected chi connectivity index (χ4v) is 8.41. The summed E-state index contributed by atoms with van der Waals surface area (Å²) in [7, 11) is 0. The molecule has 0 saturated heterocycles. The van der Waals surface area contributed by atoms with Gasteiger partial charge >= 0.3 is 0 Å². The van der Waals surface area contributed by atoms with E-state index in [9.17, 15) is 0 Å². The van der Waals surface area contributed by atoms with Crippen LogP contribution in [0.15, 0.2) is 221 Å². The first kappa shape index (κ1) is 52.0. The van der Waals surface area contributed by atoms with Crippen molar-refractivity contribution in [3.8, 4) is 22.3 Å². The van der Waals surface area contributed by atoms with Crippen LogP contribution in [0.1, 0.15) is 119 Å². The molecule has 1 N–H and O–H groups in total. The lowest BCUT2D eigenvalue weighted by Gasteiger charge is -2.29. The maximum Gasteiger partial charge on any atom is 0.169 e. The van der Waals surface area contributed by atoms with Crippen LogP contribution in [0, 0.1) is 26.2 Å². The van der Waals surface area contributed by atoms with E-state index in [0.717, 1.165) is 39.8 Å². The zero-order chi connectivity index (χ0) is 50.3. The third-order valence-corrected chi connectivity index (χ3v) is 11.8. The van der Waals surface area contributed by atoms with Crippen LogP contribution in [-0.2, 0) is 5.41 Å². The van der Waals surface area contributed by atoms with Gasteiger partial charge in [-0.1, -0.05) is 261 Å². The molecule has 0 amide bonds. The number of aryl methyl sites for hydroxylation is 3. The van der Waals surface area contributed by atoms with Crippen molar-refractivity contribution in [1.82, 2.24) is 5.32 Å². The largest absolute Gasteiger partial charge is 0.324 e. The molecule has 0 saturated carbocycles. The average molecular weight is 921 g/mol. The number of hydrogen-bond acceptors (Lipinski definition) is 4. The molecule has 0 radical (unpaired) electrons. The molecule has 2 aliphatic heterocycles. The van der Waals surface area contributed by atoms with E-state index in [1.165, 1.54) is 55.6 Å². The number of hydrogen-bond donors (Lipinski definition) is 1. The predicted molar refractivity (Wildman–Crippen MR) is 303 cm³/mol. The Labute approximate surface area is 420 Å². The molecule has 8 aromatic carbocycles. The molecule has 2 aliphatic rings. The van der Waals surface area contributed by atoms with E-state index < -0.39 is 0 Å². The zero-order valence-corrected chi connectivity index (χ0v) is 43.5. The van der Waals surface area contributed by atoms with Crippen molar-refractivity contribution >= 4 is 23.1 Å². The number of aliphatic imine (C=N–C) groups is 3. The number of nitrogens with zero attached hydrogens (tertiary/aromatic N) is 3. The van der Waals surface area contributed by atoms with Crippen LogP contribution >= 0.6 is 0 Å². The highest BCUT2D eigenvalue weighted by Crippen LogP contribution is 2.48. The molecule has 70 heavy (non-hydrogen) atoms. The number of fused-ring (bicyclic) bond motifs is 1. The van der Waals surface area contributed by atoms with Crippen LogP contribution in [0.2, 0.25) is 0 Å². The molecule has 0 spiro atoms. The molecule has 2 unspecified atom stereocenters. The zero-order valence-electron chi connectivity index (χ0n) is 43.5. The normalized spacial score (nSPS) is 15.4. The van der Waals surface area contributed by atoms with Crippen LogP contribution in [0.5, 0.6) is 0 Å². The van der Waals surface area contributed by atoms with Crippen LogP contribution in [0.4, 0.5) is 5.69 Å². The van der Waals surface area contributed by atoms with Crippen molar-refractivity contribution in [2.24, 2.45) is 20.4 Å². The molecule has 0 aliphatic carbocycles. The average Bonchev–Trinajstić information content (AvgIpc) is 3.69. The van der Waals surface area contributed by atoms with Crippen molar-refractivity contribution in [2.45, 2.75) is 94.7 Å². The minimum absolute atomic E-state index is 0.274. The summed E-state index contributed by atoms with van der Waals surface area (Å²) in [4.78, 5) is 15.0. The Kier molecular flexibility index (Phi) is 18.0. The van der Waals surface area contributed by atoms with E-state index in [0.29, 0.717) is 5.41 Å². The van der Waals surface area contributed by atoms with Crippen molar-refractivity contribution in [1.29, 1.82) is 0 Å². The highest BCUT2D eigenvalue weighted by atomic mass is 15.2. The first-order chi connectivity index (χ1) is 33.8. The van der Waals surface area contributed by atoms with Gasteiger partial charge in [0.25, 0.3) is 0 Å². The van der Waals surface area contributed by atoms with Gasteiger partial charge in [0.2, 0.25) is 0 Å². The van der Waals surface area contributed by atoms with Gasteiger partial charge in [0.1, 0.15) is 11.7 Å². The van der Waals surface area contributed by atoms with Crippen LogP contribution in [-0.4, -0.2) is 17.4 Å². The van der Waals surface area contributed by atoms with E-state index in [1.807, 2.05) is 64.1 Å². The van der Waals surface area contributed by atoms with Crippen LogP contribution < -0.4 is 5.32 Å². The SMILES string of the molecule is CC.CC.CC(C)(C)C.Cc1ccc(-c2ccc(C3=NC(c4ccccc4)N=C(c4ccccc4)N3)cc2)cc1.Cc1ccccc1-c1cc2c(cc1C)C(C)(c1ccccc1)C(c1ccccc1)=N2. The summed E-state index contributed by atoms with van der Waals surface area (Å²) in [5.74, 6) is 1.67. The van der Waals surface area contributed by atoms with Gasteiger partial charge in [0, 0.05) is 11.1 Å². The monoisotopic (exact) mass is 921 g/mol. The minimum Gasteiger partial charge on any atom is -0.324 e. The molecule has 356 valence electrons. The fraction of sp³-hybridized carbons (Fsp3) is 0.227. The second kappa shape index (κ2) is 24.2. The molecule has 10 rings (SSSR count). The van der Waals surface area contributed by atoms with Gasteiger partial charge < -0.3 is 5.32 Å². The predicted octanol–water partition coefficient (Wildman–Crippen LogP) is 17.7. The van der Waals surface area contributed by atoms with E-state index >= 15 is 0 Å². The van der Waals surface area contributed by atoms with Gasteiger partial charge in [0.05, 0.1) is 16.8 Å². The van der Waals surface area contributed by atoms with Crippen molar-refractivity contribution in [2.75, 3.05) is 0 Å². The van der Waals surface area contributed by atoms with Gasteiger partial charge in [-0.25, -0.2) is 9.98 Å². The summed E-state index contributed by atoms with van der Waals surface area (Å²) < 4.78 is 0. The third kappa shape index (κ3) is 12.8. The number of amidine groups is 2.